The molecule has 2 nitrogen and oxygen atoms in total. The zero-order chi connectivity index (χ0) is 19.6. The molecule has 150 valence electrons. The molecule has 0 bridgehead atoms. The van der Waals surface area contributed by atoms with E-state index in [2.05, 4.69) is 46.4 Å². The number of hydrogen-bond donors (Lipinski definition) is 0. The van der Waals surface area contributed by atoms with Gasteiger partial charge in [0, 0.05) is 22.8 Å². The summed E-state index contributed by atoms with van der Waals surface area (Å²) in [5.74, 6) is 0. The second-order valence-corrected chi connectivity index (χ2v) is 7.92. The van der Waals surface area contributed by atoms with Crippen LogP contribution >= 0.6 is 24.0 Å². The lowest BCUT2D eigenvalue weighted by atomic mass is 9.80. The number of aryl methyl sites for hydroxylation is 1. The van der Waals surface area contributed by atoms with Gasteiger partial charge in [-0.15, -0.1) is 12.4 Å². The van der Waals surface area contributed by atoms with Crippen molar-refractivity contribution in [3.63, 3.8) is 0 Å². The number of rotatable bonds is 0. The molecule has 0 amide bonds. The van der Waals surface area contributed by atoms with E-state index >= 15 is 0 Å². The van der Waals surface area contributed by atoms with Crippen molar-refractivity contribution in [2.45, 2.75) is 25.7 Å². The fourth-order valence-electron chi connectivity index (χ4n) is 4.33. The Morgan fingerprint density at radius 3 is 2.70 bits per heavy atom. The minimum absolute atomic E-state index is 0. The zero-order valence-corrected chi connectivity index (χ0v) is 18.1. The van der Waals surface area contributed by atoms with E-state index in [1.165, 1.54) is 53.2 Å². The molecule has 30 heavy (non-hydrogen) atoms. The average molecular weight is 433 g/mol. The predicted octanol–water partition coefficient (Wildman–Crippen LogP) is 7.59. The molecule has 0 radical (unpaired) electrons. The third kappa shape index (κ3) is 3.98. The Balaban J connectivity index is 0.000000168. The molecule has 0 spiro atoms. The molecule has 2 heterocycles. The predicted molar refractivity (Wildman–Crippen MR) is 129 cm³/mol. The van der Waals surface area contributed by atoms with Crippen molar-refractivity contribution in [2.24, 2.45) is 0 Å². The van der Waals surface area contributed by atoms with Crippen LogP contribution in [-0.2, 0) is 6.42 Å². The van der Waals surface area contributed by atoms with E-state index in [9.17, 15) is 0 Å². The van der Waals surface area contributed by atoms with Crippen LogP contribution in [0.15, 0.2) is 84.8 Å². The van der Waals surface area contributed by atoms with Crippen LogP contribution in [0.25, 0.3) is 27.2 Å². The summed E-state index contributed by atoms with van der Waals surface area (Å²) < 4.78 is 0. The van der Waals surface area contributed by atoms with Crippen LogP contribution in [-0.4, -0.2) is 9.97 Å². The molecule has 2 aromatic carbocycles. The van der Waals surface area contributed by atoms with Crippen LogP contribution in [0, 0.1) is 0 Å². The van der Waals surface area contributed by atoms with Gasteiger partial charge in [-0.3, -0.25) is 9.97 Å². The summed E-state index contributed by atoms with van der Waals surface area (Å²) in [6.07, 6.45) is 14.7. The number of halogens is 2. The van der Waals surface area contributed by atoms with E-state index < -0.39 is 0 Å². The van der Waals surface area contributed by atoms with E-state index in [0.29, 0.717) is 0 Å². The smallest absolute Gasteiger partial charge is 0.0885 e. The number of aromatic nitrogens is 2. The number of fused-ring (bicyclic) bond motifs is 5. The highest BCUT2D eigenvalue weighted by Gasteiger charge is 2.20. The molecule has 0 N–H and O–H groups in total. The van der Waals surface area contributed by atoms with Crippen LogP contribution in [0.3, 0.4) is 0 Å². The van der Waals surface area contributed by atoms with Crippen molar-refractivity contribution in [2.75, 3.05) is 0 Å². The molecule has 2 aromatic heterocycles. The van der Waals surface area contributed by atoms with Crippen LogP contribution in [0.5, 0.6) is 0 Å². The molecule has 0 saturated carbocycles. The second kappa shape index (κ2) is 8.99. The maximum atomic E-state index is 6.09. The molecule has 0 fully saturated rings. The first kappa shape index (κ1) is 20.6. The first-order valence-corrected chi connectivity index (χ1v) is 10.4. The molecule has 0 saturated heterocycles. The Hall–Kier alpha value is -2.68. The fourth-order valence-corrected chi connectivity index (χ4v) is 4.51. The highest BCUT2D eigenvalue weighted by atomic mass is 35.5. The van der Waals surface area contributed by atoms with Gasteiger partial charge in [0.2, 0.25) is 0 Å². The maximum Gasteiger partial charge on any atom is 0.0885 e. The topological polar surface area (TPSA) is 25.8 Å². The Morgan fingerprint density at radius 1 is 0.867 bits per heavy atom. The van der Waals surface area contributed by atoms with Gasteiger partial charge in [-0.2, -0.15) is 0 Å². The SMILES string of the molecule is Cl.Clc1ccc2c3c(ccc2c1)C1=C(CCC=C1)CC3.c1cnc2cnccc2c1. The van der Waals surface area contributed by atoms with Gasteiger partial charge < -0.3 is 0 Å². The zero-order valence-electron chi connectivity index (χ0n) is 16.5. The van der Waals surface area contributed by atoms with Crippen molar-refractivity contribution in [3.05, 3.63) is 101 Å². The summed E-state index contributed by atoms with van der Waals surface area (Å²) in [6, 6.07) is 16.6. The second-order valence-electron chi connectivity index (χ2n) is 7.49. The van der Waals surface area contributed by atoms with Crippen LogP contribution in [0.2, 0.25) is 5.02 Å². The van der Waals surface area contributed by atoms with E-state index in [1.807, 2.05) is 24.3 Å². The van der Waals surface area contributed by atoms with Gasteiger partial charge >= 0.3 is 0 Å². The van der Waals surface area contributed by atoms with Crippen molar-refractivity contribution in [3.8, 4) is 0 Å². The van der Waals surface area contributed by atoms with Gasteiger partial charge in [-0.25, -0.2) is 0 Å². The van der Waals surface area contributed by atoms with Gasteiger partial charge in [0.25, 0.3) is 0 Å². The van der Waals surface area contributed by atoms with Crippen molar-refractivity contribution >= 4 is 51.3 Å². The summed E-state index contributed by atoms with van der Waals surface area (Å²) in [7, 11) is 0. The van der Waals surface area contributed by atoms with Gasteiger partial charge in [0.15, 0.2) is 0 Å². The van der Waals surface area contributed by atoms with E-state index in [4.69, 9.17) is 11.6 Å². The molecule has 0 unspecified atom stereocenters. The van der Waals surface area contributed by atoms with Gasteiger partial charge in [-0.05, 0) is 77.4 Å². The quantitative estimate of drug-likeness (QED) is 0.285. The van der Waals surface area contributed by atoms with E-state index in [1.54, 1.807) is 24.2 Å². The van der Waals surface area contributed by atoms with Crippen molar-refractivity contribution in [1.29, 1.82) is 0 Å². The normalized spacial score (nSPS) is 14.4. The lowest BCUT2D eigenvalue weighted by molar-refractivity contribution is 0.831. The van der Waals surface area contributed by atoms with E-state index in [-0.39, 0.29) is 12.4 Å². The van der Waals surface area contributed by atoms with Gasteiger partial charge in [-0.1, -0.05) is 53.6 Å². The van der Waals surface area contributed by atoms with Crippen molar-refractivity contribution < 1.29 is 0 Å². The van der Waals surface area contributed by atoms with Gasteiger partial charge in [0.1, 0.15) is 0 Å². The summed E-state index contributed by atoms with van der Waals surface area (Å²) >= 11 is 6.09. The summed E-state index contributed by atoms with van der Waals surface area (Å²) in [5.41, 5.74) is 7.00. The average Bonchev–Trinajstić information content (AvgIpc) is 2.79. The highest BCUT2D eigenvalue weighted by molar-refractivity contribution is 6.31. The first-order valence-electron chi connectivity index (χ1n) is 10.0. The monoisotopic (exact) mass is 432 g/mol. The highest BCUT2D eigenvalue weighted by Crippen LogP contribution is 2.40. The molecular formula is C26H22Cl2N2. The summed E-state index contributed by atoms with van der Waals surface area (Å²) in [4.78, 5) is 8.07. The number of allylic oxidation sites excluding steroid dienone is 4. The first-order chi connectivity index (χ1) is 14.3. The molecule has 0 aliphatic heterocycles. The molecule has 4 aromatic rings. The third-order valence-corrected chi connectivity index (χ3v) is 5.98. The number of pyridine rings is 2. The van der Waals surface area contributed by atoms with Crippen molar-refractivity contribution in [1.82, 2.24) is 9.97 Å². The largest absolute Gasteiger partial charge is 0.262 e. The molecular weight excluding hydrogens is 411 g/mol. The molecule has 2 aliphatic carbocycles. The van der Waals surface area contributed by atoms with Gasteiger partial charge in [0.05, 0.1) is 11.7 Å². The number of hydrogen-bond acceptors (Lipinski definition) is 2. The maximum absolute atomic E-state index is 6.09. The number of benzene rings is 2. The lowest BCUT2D eigenvalue weighted by Crippen LogP contribution is -2.06. The van der Waals surface area contributed by atoms with Crippen LogP contribution < -0.4 is 0 Å². The standard InChI is InChI=1S/C18H15Cl.C8H6N2.ClH/c19-14-7-10-16-13(11-14)6-9-17-15-4-2-1-3-12(15)5-8-18(16)17;1-2-7-3-5-9-6-8(7)10-4-1;/h2,4,6-7,9-11H,1,3,5,8H2;1-6H;1H. The minimum Gasteiger partial charge on any atom is -0.262 e. The van der Waals surface area contributed by atoms with Crippen LogP contribution in [0.4, 0.5) is 0 Å². The molecule has 2 aliphatic rings. The van der Waals surface area contributed by atoms with Crippen LogP contribution in [0.1, 0.15) is 30.4 Å². The Morgan fingerprint density at radius 2 is 1.80 bits per heavy atom. The fraction of sp³-hybridized carbons (Fsp3) is 0.154. The Kier molecular flexibility index (Phi) is 6.17. The summed E-state index contributed by atoms with van der Waals surface area (Å²) in [5, 5.41) is 4.58. The molecule has 0 atom stereocenters. The summed E-state index contributed by atoms with van der Waals surface area (Å²) in [6.45, 7) is 0. The van der Waals surface area contributed by atoms with E-state index in [0.717, 1.165) is 15.9 Å². The number of nitrogens with zero attached hydrogens (tertiary/aromatic N) is 2. The third-order valence-electron chi connectivity index (χ3n) is 5.75. The molecule has 6 rings (SSSR count). The minimum atomic E-state index is 0. The Bertz CT molecular complexity index is 1210. The lowest BCUT2D eigenvalue weighted by Gasteiger charge is -2.25. The Labute approximate surface area is 187 Å². The molecule has 4 heteroatoms.